The first-order valence-electron chi connectivity index (χ1n) is 9.25. The summed E-state index contributed by atoms with van der Waals surface area (Å²) in [6.07, 6.45) is 3.75. The van der Waals surface area contributed by atoms with Gasteiger partial charge in [-0.3, -0.25) is 14.3 Å². The Morgan fingerprint density at radius 1 is 1.23 bits per heavy atom. The van der Waals surface area contributed by atoms with Gasteiger partial charge < -0.3 is 0 Å². The number of carbonyl (C=O) groups is 1. The summed E-state index contributed by atoms with van der Waals surface area (Å²) >= 11 is 6.56. The van der Waals surface area contributed by atoms with E-state index in [4.69, 9.17) is 4.98 Å². The van der Waals surface area contributed by atoms with Crippen molar-refractivity contribution in [3.05, 3.63) is 82.0 Å². The van der Waals surface area contributed by atoms with E-state index < -0.39 is 0 Å². The number of nitrogens with zero attached hydrogens (tertiary/aromatic N) is 4. The van der Waals surface area contributed by atoms with Crippen molar-refractivity contribution < 1.29 is 4.79 Å². The molecule has 2 heterocycles. The second-order valence-electron chi connectivity index (χ2n) is 6.66. The van der Waals surface area contributed by atoms with Gasteiger partial charge in [0.05, 0.1) is 11.4 Å². The van der Waals surface area contributed by atoms with Gasteiger partial charge in [0.15, 0.2) is 10.3 Å². The molecule has 30 heavy (non-hydrogen) atoms. The Bertz CT molecular complexity index is 1170. The quantitative estimate of drug-likeness (QED) is 0.289. The van der Waals surface area contributed by atoms with Gasteiger partial charge in [0, 0.05) is 40.6 Å². The molecule has 0 unspecified atom stereocenters. The van der Waals surface area contributed by atoms with Crippen LogP contribution in [0.25, 0.3) is 5.69 Å². The zero-order valence-corrected chi connectivity index (χ0v) is 19.7. The molecule has 0 saturated heterocycles. The highest BCUT2D eigenvalue weighted by atomic mass is 79.9. The third-order valence-electron chi connectivity index (χ3n) is 4.37. The van der Waals surface area contributed by atoms with Crippen LogP contribution < -0.4 is 4.90 Å². The number of benzene rings is 2. The smallest absolute Gasteiger partial charge is 0.230 e. The van der Waals surface area contributed by atoms with Gasteiger partial charge in [-0.05, 0) is 48.9 Å². The van der Waals surface area contributed by atoms with Crippen LogP contribution in [-0.2, 0) is 10.5 Å². The maximum Gasteiger partial charge on any atom is 0.230 e. The van der Waals surface area contributed by atoms with Gasteiger partial charge in [0.25, 0.3) is 0 Å². The lowest BCUT2D eigenvalue weighted by molar-refractivity contribution is -0.115. The summed E-state index contributed by atoms with van der Waals surface area (Å²) in [5.41, 5.74) is 3.91. The van der Waals surface area contributed by atoms with E-state index in [1.807, 2.05) is 67.0 Å². The SMILES string of the molecule is CC(=O)N(c1cccc(C)c1)c1nc(CSc2nccn2-c2ccc(Br)cc2)cs1. The summed E-state index contributed by atoms with van der Waals surface area (Å²) in [6.45, 7) is 3.58. The summed E-state index contributed by atoms with van der Waals surface area (Å²) in [5, 5.41) is 3.58. The number of thioether (sulfide) groups is 1. The molecule has 2 aromatic carbocycles. The number of anilines is 2. The average molecular weight is 499 g/mol. The van der Waals surface area contributed by atoms with Gasteiger partial charge in [-0.2, -0.15) is 0 Å². The first-order chi connectivity index (χ1) is 14.5. The molecule has 0 spiro atoms. The Hall–Kier alpha value is -2.42. The van der Waals surface area contributed by atoms with Crippen molar-refractivity contribution in [3.63, 3.8) is 0 Å². The van der Waals surface area contributed by atoms with Crippen LogP contribution in [0.2, 0.25) is 0 Å². The summed E-state index contributed by atoms with van der Waals surface area (Å²) in [7, 11) is 0. The van der Waals surface area contributed by atoms with Crippen molar-refractivity contribution in [2.24, 2.45) is 0 Å². The number of hydrogen-bond acceptors (Lipinski definition) is 5. The van der Waals surface area contributed by atoms with E-state index >= 15 is 0 Å². The number of halogens is 1. The predicted molar refractivity (Wildman–Crippen MR) is 127 cm³/mol. The molecule has 0 radical (unpaired) electrons. The third kappa shape index (κ3) is 4.66. The third-order valence-corrected chi connectivity index (χ3v) is 6.77. The van der Waals surface area contributed by atoms with Crippen LogP contribution >= 0.6 is 39.0 Å². The molecule has 0 saturated carbocycles. The lowest BCUT2D eigenvalue weighted by atomic mass is 10.2. The Balaban J connectivity index is 1.51. The van der Waals surface area contributed by atoms with Crippen molar-refractivity contribution >= 4 is 55.8 Å². The van der Waals surface area contributed by atoms with Crippen molar-refractivity contribution in [1.29, 1.82) is 0 Å². The lowest BCUT2D eigenvalue weighted by Crippen LogP contribution is -2.22. The molecule has 152 valence electrons. The largest absolute Gasteiger partial charge is 0.295 e. The van der Waals surface area contributed by atoms with Crippen molar-refractivity contribution in [2.75, 3.05) is 4.90 Å². The van der Waals surface area contributed by atoms with Crippen molar-refractivity contribution in [1.82, 2.24) is 14.5 Å². The van der Waals surface area contributed by atoms with Gasteiger partial charge in [0.2, 0.25) is 5.91 Å². The maximum atomic E-state index is 12.3. The second kappa shape index (κ2) is 9.16. The number of aryl methyl sites for hydroxylation is 1. The van der Waals surface area contributed by atoms with Crippen LogP contribution in [0.15, 0.2) is 75.9 Å². The Labute approximate surface area is 191 Å². The first kappa shape index (κ1) is 20.8. The lowest BCUT2D eigenvalue weighted by Gasteiger charge is -2.18. The monoisotopic (exact) mass is 498 g/mol. The minimum atomic E-state index is -0.0556. The van der Waals surface area contributed by atoms with Crippen LogP contribution in [-0.4, -0.2) is 20.4 Å². The van der Waals surface area contributed by atoms with Crippen LogP contribution in [0.1, 0.15) is 18.2 Å². The highest BCUT2D eigenvalue weighted by Crippen LogP contribution is 2.32. The number of rotatable bonds is 6. The highest BCUT2D eigenvalue weighted by Gasteiger charge is 2.18. The van der Waals surface area contributed by atoms with E-state index in [1.54, 1.807) is 29.8 Å². The summed E-state index contributed by atoms with van der Waals surface area (Å²) in [5.74, 6) is 0.615. The molecule has 5 nitrogen and oxygen atoms in total. The first-order valence-corrected chi connectivity index (χ1v) is 11.9. The Morgan fingerprint density at radius 3 is 2.77 bits per heavy atom. The molecule has 0 fully saturated rings. The molecule has 4 aromatic rings. The number of hydrogen-bond donors (Lipinski definition) is 0. The number of aromatic nitrogens is 3. The van der Waals surface area contributed by atoms with Crippen LogP contribution in [0.4, 0.5) is 10.8 Å². The normalized spacial score (nSPS) is 10.9. The molecule has 8 heteroatoms. The molecule has 4 rings (SSSR count). The fourth-order valence-electron chi connectivity index (χ4n) is 2.99. The molecule has 0 bridgehead atoms. The molecule has 0 aliphatic carbocycles. The van der Waals surface area contributed by atoms with Gasteiger partial charge in [-0.25, -0.2) is 9.97 Å². The summed E-state index contributed by atoms with van der Waals surface area (Å²) in [6, 6.07) is 16.0. The highest BCUT2D eigenvalue weighted by molar-refractivity contribution is 9.10. The molecule has 1 amide bonds. The fraction of sp³-hybridized carbons (Fsp3) is 0.136. The zero-order chi connectivity index (χ0) is 21.1. The molecule has 2 aromatic heterocycles. The minimum absolute atomic E-state index is 0.0556. The van der Waals surface area contributed by atoms with Crippen molar-refractivity contribution in [3.8, 4) is 5.69 Å². The Morgan fingerprint density at radius 2 is 2.03 bits per heavy atom. The molecule has 0 N–H and O–H groups in total. The van der Waals surface area contributed by atoms with E-state index in [1.165, 1.54) is 11.3 Å². The van der Waals surface area contributed by atoms with E-state index in [2.05, 4.69) is 25.5 Å². The van der Waals surface area contributed by atoms with E-state index in [9.17, 15) is 4.79 Å². The molecule has 0 aliphatic rings. The standard InChI is InChI=1S/C22H19BrN4OS2/c1-15-4-3-5-20(12-15)27(16(2)28)22-25-18(14-30-22)13-29-21-24-10-11-26(21)19-8-6-17(23)7-9-19/h3-12,14H,13H2,1-2H3. The molecule has 0 aliphatic heterocycles. The number of carbonyl (C=O) groups excluding carboxylic acids is 1. The molecule has 0 atom stereocenters. The average Bonchev–Trinajstić information content (AvgIpc) is 3.36. The number of imidazole rings is 1. The topological polar surface area (TPSA) is 51.0 Å². The number of amides is 1. The summed E-state index contributed by atoms with van der Waals surface area (Å²) < 4.78 is 3.10. The molecular formula is C22H19BrN4OS2. The predicted octanol–water partition coefficient (Wildman–Crippen LogP) is 6.38. The van der Waals surface area contributed by atoms with E-state index in [0.717, 1.165) is 32.3 Å². The van der Waals surface area contributed by atoms with Gasteiger partial charge in [0.1, 0.15) is 0 Å². The second-order valence-corrected chi connectivity index (χ2v) is 9.35. The minimum Gasteiger partial charge on any atom is -0.295 e. The summed E-state index contributed by atoms with van der Waals surface area (Å²) in [4.78, 5) is 23.2. The van der Waals surface area contributed by atoms with Crippen molar-refractivity contribution in [2.45, 2.75) is 24.8 Å². The van der Waals surface area contributed by atoms with E-state index in [-0.39, 0.29) is 5.91 Å². The van der Waals surface area contributed by atoms with Gasteiger partial charge in [-0.15, -0.1) is 11.3 Å². The number of thiazole rings is 1. The van der Waals surface area contributed by atoms with E-state index in [0.29, 0.717) is 10.9 Å². The maximum absolute atomic E-state index is 12.3. The van der Waals surface area contributed by atoms with Crippen LogP contribution in [0.3, 0.4) is 0 Å². The molecular weight excluding hydrogens is 480 g/mol. The van der Waals surface area contributed by atoms with Gasteiger partial charge in [-0.1, -0.05) is 39.8 Å². The van der Waals surface area contributed by atoms with Crippen LogP contribution in [0.5, 0.6) is 0 Å². The van der Waals surface area contributed by atoms with Crippen LogP contribution in [0, 0.1) is 6.92 Å². The zero-order valence-electron chi connectivity index (χ0n) is 16.4. The fourth-order valence-corrected chi connectivity index (χ4v) is 5.11. The van der Waals surface area contributed by atoms with Gasteiger partial charge >= 0.3 is 0 Å². The Kier molecular flexibility index (Phi) is 6.36.